The summed E-state index contributed by atoms with van der Waals surface area (Å²) in [6, 6.07) is 6.36. The van der Waals surface area contributed by atoms with Crippen LogP contribution in [0, 0.1) is 0 Å². The number of ether oxygens (including phenoxy) is 2. The van der Waals surface area contributed by atoms with Crippen LogP contribution in [0.5, 0.6) is 0 Å². The zero-order valence-corrected chi connectivity index (χ0v) is 21.0. The molecule has 2 heterocycles. The number of fused-ring (bicyclic) bond motifs is 1. The topological polar surface area (TPSA) is 126 Å². The number of halogens is 1. The first kappa shape index (κ1) is 25.4. The third-order valence-electron chi connectivity index (χ3n) is 6.18. The second-order valence-corrected chi connectivity index (χ2v) is 11.6. The molecule has 0 bridgehead atoms. The fourth-order valence-electron chi connectivity index (χ4n) is 4.46. The molecule has 1 aromatic carbocycles. The van der Waals surface area contributed by atoms with E-state index in [2.05, 4.69) is 15.3 Å². The molecule has 1 aliphatic carbocycles. The van der Waals surface area contributed by atoms with Crippen LogP contribution in [0.15, 0.2) is 18.2 Å². The van der Waals surface area contributed by atoms with Gasteiger partial charge in [-0.2, -0.15) is 0 Å². The lowest BCUT2D eigenvalue weighted by Crippen LogP contribution is -2.29. The van der Waals surface area contributed by atoms with Gasteiger partial charge in [-0.3, -0.25) is 0 Å². The van der Waals surface area contributed by atoms with Crippen molar-refractivity contribution in [1.29, 1.82) is 0 Å². The number of benzene rings is 1. The van der Waals surface area contributed by atoms with Crippen molar-refractivity contribution in [3.8, 4) is 0 Å². The number of hydrogen-bond donors (Lipinski definition) is 4. The Bertz CT molecular complexity index is 934. The van der Waals surface area contributed by atoms with Gasteiger partial charge in [0.05, 0.1) is 36.3 Å². The maximum atomic E-state index is 9.72. The fourth-order valence-corrected chi connectivity index (χ4v) is 6.16. The van der Waals surface area contributed by atoms with E-state index < -0.39 is 16.8 Å². The van der Waals surface area contributed by atoms with Crippen molar-refractivity contribution in [3.05, 3.63) is 29.0 Å². The Morgan fingerprint density at radius 2 is 1.91 bits per heavy atom. The van der Waals surface area contributed by atoms with Crippen molar-refractivity contribution in [2.45, 2.75) is 62.9 Å². The van der Waals surface area contributed by atoms with E-state index in [0.717, 1.165) is 60.8 Å². The molecule has 0 spiro atoms. The van der Waals surface area contributed by atoms with E-state index in [1.54, 1.807) is 7.11 Å². The van der Waals surface area contributed by atoms with Crippen molar-refractivity contribution in [2.24, 2.45) is 0 Å². The first-order valence-electron chi connectivity index (χ1n) is 11.1. The van der Waals surface area contributed by atoms with Crippen molar-refractivity contribution < 1.29 is 28.7 Å². The highest BCUT2D eigenvalue weighted by molar-refractivity contribution is 7.63. The van der Waals surface area contributed by atoms with Gasteiger partial charge in [0.25, 0.3) is 0 Å². The summed E-state index contributed by atoms with van der Waals surface area (Å²) in [5, 5.41) is 4.68. The van der Waals surface area contributed by atoms with Gasteiger partial charge in [-0.05, 0) is 67.8 Å². The van der Waals surface area contributed by atoms with Gasteiger partial charge < -0.3 is 34.0 Å². The molecule has 2 aromatic rings. The highest BCUT2D eigenvalue weighted by Crippen LogP contribution is 2.45. The Kier molecular flexibility index (Phi) is 9.07. The largest absolute Gasteiger partial charge is 0.381 e. The van der Waals surface area contributed by atoms with Gasteiger partial charge in [0.1, 0.15) is 5.82 Å². The molecule has 12 heteroatoms. The minimum atomic E-state index is -2.16. The quantitative estimate of drug-likeness (QED) is 0.282. The third kappa shape index (κ3) is 6.91. The summed E-state index contributed by atoms with van der Waals surface area (Å²) in [6.45, 7) is 0.225. The highest BCUT2D eigenvalue weighted by atomic mass is 35.5. The number of nitrogens with one attached hydrogen (secondary N) is 1. The van der Waals surface area contributed by atoms with E-state index in [4.69, 9.17) is 35.4 Å². The standard InChI is InChI=1S/C21H30ClN3O6P2/c1-29-15-5-3-14(4-6-15)23-20-17-8-2-13(10-18(17)24-21(22)25-20)19-9-7-16(31-19)11-30-33(28)12-32(26)27/h2,8,10,14-16,19,26-28H,3-7,9,11-12H2,1H3,(H,23,24,25). The van der Waals surface area contributed by atoms with E-state index in [1.807, 2.05) is 18.2 Å². The number of rotatable bonds is 9. The van der Waals surface area contributed by atoms with Crippen LogP contribution >= 0.6 is 28.4 Å². The minimum absolute atomic E-state index is 0.102. The average molecular weight is 518 g/mol. The van der Waals surface area contributed by atoms with E-state index in [9.17, 15) is 4.89 Å². The molecule has 1 aliphatic heterocycles. The SMILES string of the molecule is COC1CCC(Nc2nc(Cl)nc3cc(C4CCC(COP(O)CP(O)O)O4)ccc23)CC1. The summed E-state index contributed by atoms with van der Waals surface area (Å²) in [6.07, 6.45) is 5.79. The Hall–Kier alpha value is -0.730. The summed E-state index contributed by atoms with van der Waals surface area (Å²) >= 11 is 6.24. The van der Waals surface area contributed by atoms with Crippen molar-refractivity contribution in [1.82, 2.24) is 9.97 Å². The number of hydrogen-bond acceptors (Lipinski definition) is 9. The van der Waals surface area contributed by atoms with Crippen LogP contribution in [0.1, 0.15) is 50.2 Å². The summed E-state index contributed by atoms with van der Waals surface area (Å²) in [5.41, 5.74) is 1.77. The molecular weight excluding hydrogens is 488 g/mol. The lowest BCUT2D eigenvalue weighted by molar-refractivity contribution is 0.0178. The monoisotopic (exact) mass is 517 g/mol. The molecule has 182 valence electrons. The van der Waals surface area contributed by atoms with E-state index in [-0.39, 0.29) is 30.0 Å². The Labute approximate surface area is 200 Å². The van der Waals surface area contributed by atoms with Crippen LogP contribution in [0.25, 0.3) is 10.9 Å². The van der Waals surface area contributed by atoms with Gasteiger partial charge in [0.2, 0.25) is 5.28 Å². The molecule has 1 saturated carbocycles. The molecule has 4 N–H and O–H groups in total. The van der Waals surface area contributed by atoms with Crippen LogP contribution in [0.2, 0.25) is 5.28 Å². The van der Waals surface area contributed by atoms with E-state index >= 15 is 0 Å². The van der Waals surface area contributed by atoms with Gasteiger partial charge in [-0.1, -0.05) is 6.07 Å². The maximum absolute atomic E-state index is 9.72. The smallest absolute Gasteiger partial charge is 0.224 e. The van der Waals surface area contributed by atoms with Crippen molar-refractivity contribution >= 4 is 45.1 Å². The summed E-state index contributed by atoms with van der Waals surface area (Å²) in [7, 11) is -2.24. The molecule has 1 aromatic heterocycles. The Balaban J connectivity index is 1.40. The number of nitrogens with zero attached hydrogens (tertiary/aromatic N) is 2. The maximum Gasteiger partial charge on any atom is 0.224 e. The molecule has 2 aliphatic rings. The number of anilines is 1. The fraction of sp³-hybridized carbons (Fsp3) is 0.619. The number of aromatic nitrogens is 2. The van der Waals surface area contributed by atoms with Gasteiger partial charge in [-0.15, -0.1) is 0 Å². The van der Waals surface area contributed by atoms with Gasteiger partial charge in [-0.25, -0.2) is 9.97 Å². The zero-order chi connectivity index (χ0) is 23.4. The van der Waals surface area contributed by atoms with Crippen LogP contribution < -0.4 is 5.32 Å². The average Bonchev–Trinajstić information content (AvgIpc) is 3.26. The summed E-state index contributed by atoms with van der Waals surface area (Å²) in [4.78, 5) is 36.6. The van der Waals surface area contributed by atoms with Gasteiger partial charge in [0.15, 0.2) is 16.8 Å². The Morgan fingerprint density at radius 3 is 2.64 bits per heavy atom. The van der Waals surface area contributed by atoms with E-state index in [0.29, 0.717) is 12.1 Å². The van der Waals surface area contributed by atoms with Gasteiger partial charge in [0, 0.05) is 18.5 Å². The van der Waals surface area contributed by atoms with Crippen molar-refractivity contribution in [3.63, 3.8) is 0 Å². The molecule has 4 rings (SSSR count). The molecule has 2 fully saturated rings. The first-order chi connectivity index (χ1) is 15.9. The highest BCUT2D eigenvalue weighted by Gasteiger charge is 2.28. The molecule has 1 saturated heterocycles. The molecule has 0 radical (unpaired) electrons. The second-order valence-electron chi connectivity index (χ2n) is 8.46. The van der Waals surface area contributed by atoms with Crippen LogP contribution in [0.4, 0.5) is 5.82 Å². The van der Waals surface area contributed by atoms with Crippen LogP contribution in [-0.2, 0) is 14.0 Å². The predicted molar refractivity (Wildman–Crippen MR) is 129 cm³/mol. The van der Waals surface area contributed by atoms with Crippen LogP contribution in [-0.4, -0.2) is 62.5 Å². The predicted octanol–water partition coefficient (Wildman–Crippen LogP) is 4.45. The second kappa shape index (κ2) is 11.8. The van der Waals surface area contributed by atoms with Crippen LogP contribution in [0.3, 0.4) is 0 Å². The third-order valence-corrected chi connectivity index (χ3v) is 8.77. The molecule has 3 unspecified atom stereocenters. The van der Waals surface area contributed by atoms with Gasteiger partial charge >= 0.3 is 0 Å². The molecular formula is C21H30ClN3O6P2. The Morgan fingerprint density at radius 1 is 1.12 bits per heavy atom. The molecule has 3 atom stereocenters. The number of methoxy groups -OCH3 is 1. The lowest BCUT2D eigenvalue weighted by atomic mass is 9.93. The summed E-state index contributed by atoms with van der Waals surface area (Å²) in [5.74, 6) is 0.621. The van der Waals surface area contributed by atoms with E-state index in [1.165, 1.54) is 0 Å². The minimum Gasteiger partial charge on any atom is -0.381 e. The van der Waals surface area contributed by atoms with Crippen molar-refractivity contribution in [2.75, 3.05) is 24.9 Å². The molecule has 33 heavy (non-hydrogen) atoms. The zero-order valence-electron chi connectivity index (χ0n) is 18.4. The molecule has 9 nitrogen and oxygen atoms in total. The normalized spacial score (nSPS) is 26.7. The lowest BCUT2D eigenvalue weighted by Gasteiger charge is -2.28. The summed E-state index contributed by atoms with van der Waals surface area (Å²) < 4.78 is 16.9. The molecule has 0 amide bonds. The first-order valence-corrected chi connectivity index (χ1v) is 14.3.